The summed E-state index contributed by atoms with van der Waals surface area (Å²) in [4.78, 5) is 13.0. The molecule has 107 heavy (non-hydrogen) atoms. The van der Waals surface area contributed by atoms with Crippen LogP contribution in [0.2, 0.25) is 0 Å². The average Bonchev–Trinajstić information content (AvgIpc) is 0.764. The van der Waals surface area contributed by atoms with E-state index in [9.17, 15) is 0 Å². The van der Waals surface area contributed by atoms with Crippen molar-refractivity contribution in [3.63, 3.8) is 0 Å². The van der Waals surface area contributed by atoms with Crippen molar-refractivity contribution >= 4 is 32.7 Å². The van der Waals surface area contributed by atoms with E-state index in [0.717, 1.165) is 35.5 Å². The van der Waals surface area contributed by atoms with Gasteiger partial charge < -0.3 is 0 Å². The van der Waals surface area contributed by atoms with Crippen LogP contribution in [-0.2, 0) is 32.7 Å². The van der Waals surface area contributed by atoms with E-state index in [1.54, 1.807) is 33.4 Å². The second-order valence-corrected chi connectivity index (χ2v) is 39.3. The van der Waals surface area contributed by atoms with Crippen LogP contribution in [-0.4, -0.2) is 0 Å². The minimum Gasteiger partial charge on any atom is -0.0619 e. The highest BCUT2D eigenvalue weighted by Gasteiger charge is 2.33. The van der Waals surface area contributed by atoms with E-state index in [4.69, 9.17) is 0 Å². The van der Waals surface area contributed by atoms with Crippen LogP contribution in [0.4, 0.5) is 0 Å². The number of rotatable bonds is 15. The van der Waals surface area contributed by atoms with Crippen LogP contribution >= 0.6 is 0 Å². The molecule has 0 spiro atoms. The summed E-state index contributed by atoms with van der Waals surface area (Å²) in [7, 11) is -0.165. The Morgan fingerprint density at radius 1 is 0.121 bits per heavy atom. The first kappa shape index (κ1) is 79.1. The van der Waals surface area contributed by atoms with Gasteiger partial charge in [-0.05, 0) is 255 Å². The molecule has 0 nitrogen and oxygen atoms in total. The maximum atomic E-state index is 2.49. The van der Waals surface area contributed by atoms with E-state index in [2.05, 4.69) is 237 Å². The molecule has 3 heteroatoms. The molecule has 0 heterocycles. The van der Waals surface area contributed by atoms with Crippen molar-refractivity contribution in [2.75, 3.05) is 0 Å². The summed E-state index contributed by atoms with van der Waals surface area (Å²) >= 11 is 0. The number of benzene rings is 9. The van der Waals surface area contributed by atoms with E-state index in [-0.39, 0.29) is 32.7 Å². The second-order valence-electron chi connectivity index (χ2n) is 33.2. The maximum absolute atomic E-state index is 2.49. The zero-order chi connectivity index (χ0) is 72.5. The molecule has 9 aromatic rings. The van der Waals surface area contributed by atoms with Gasteiger partial charge in [-0.3, -0.25) is 0 Å². The lowest BCUT2D eigenvalue weighted by Gasteiger charge is -2.21. The minimum absolute atomic E-state index is 0.0391. The predicted octanol–water partition coefficient (Wildman–Crippen LogP) is 32.1. The Morgan fingerprint density at radius 3 is 0.364 bits per heavy atom. The molecule has 6 aliphatic carbocycles. The summed E-state index contributed by atoms with van der Waals surface area (Å²) in [6.07, 6.45) is 61.7. The van der Waals surface area contributed by atoms with Gasteiger partial charge in [0.1, 0.15) is 0 Å². The Hall–Kier alpha value is -5.97. The third-order valence-electron chi connectivity index (χ3n) is 25.6. The van der Waals surface area contributed by atoms with E-state index in [0.29, 0.717) is 0 Å². The molecule has 564 valence electrons. The van der Waals surface area contributed by atoms with Gasteiger partial charge in [0, 0.05) is 0 Å². The quantitative estimate of drug-likeness (QED) is 0.0898. The SMILES string of the molecule is c1cc([S+](c2ccc(C3CCCCCCC3)cc2)c2ccc(C3CCCCCCC3)cc2)ccc1C1CCCCCCC1.c1ccc([S+](c2ccc(C3CCCCCCC3)cc2)c2ccc(C3CCCCCCC3)cc2)cc1.c1ccc([S+](c2ccccc2)c2ccc(C3CCCCCCCCC3)cc2)cc1. The van der Waals surface area contributed by atoms with Gasteiger partial charge in [0.05, 0.1) is 32.7 Å². The minimum atomic E-state index is -0.0729. The van der Waals surface area contributed by atoms with Gasteiger partial charge in [-0.25, -0.2) is 0 Å². The molecule has 15 rings (SSSR count). The van der Waals surface area contributed by atoms with Crippen molar-refractivity contribution in [1.82, 2.24) is 0 Å². The van der Waals surface area contributed by atoms with Gasteiger partial charge in [0.25, 0.3) is 0 Å². The van der Waals surface area contributed by atoms with Crippen molar-refractivity contribution in [2.24, 2.45) is 0 Å². The van der Waals surface area contributed by atoms with E-state index < -0.39 is 0 Å². The summed E-state index contributed by atoms with van der Waals surface area (Å²) in [6, 6.07) is 92.2. The molecule has 0 N–H and O–H groups in total. The van der Waals surface area contributed by atoms with Gasteiger partial charge in [-0.15, -0.1) is 0 Å². The van der Waals surface area contributed by atoms with E-state index in [1.165, 1.54) is 327 Å². The van der Waals surface area contributed by atoms with Gasteiger partial charge in [-0.1, -0.05) is 333 Å². The molecular weight excluding hydrogens is 1350 g/mol. The van der Waals surface area contributed by atoms with Gasteiger partial charge in [0.2, 0.25) is 0 Å². The third kappa shape index (κ3) is 24.0. The molecule has 0 radical (unpaired) electrons. The zero-order valence-electron chi connectivity index (χ0n) is 65.8. The van der Waals surface area contributed by atoms with Crippen LogP contribution in [0.25, 0.3) is 0 Å². The van der Waals surface area contributed by atoms with Crippen LogP contribution < -0.4 is 0 Å². The predicted molar refractivity (Wildman–Crippen MR) is 464 cm³/mol. The Kier molecular flexibility index (Phi) is 32.7. The van der Waals surface area contributed by atoms with Crippen LogP contribution in [0.3, 0.4) is 0 Å². The highest BCUT2D eigenvalue weighted by Crippen LogP contribution is 2.43. The largest absolute Gasteiger partial charge is 0.166 e. The normalized spacial score (nSPS) is 19.1. The molecule has 0 aliphatic heterocycles. The summed E-state index contributed by atoms with van der Waals surface area (Å²) < 4.78 is 0. The molecular formula is C104H133S3+3. The summed E-state index contributed by atoms with van der Waals surface area (Å²) in [6.45, 7) is 0. The van der Waals surface area contributed by atoms with Crippen molar-refractivity contribution < 1.29 is 0 Å². The Bertz CT molecular complexity index is 3550. The summed E-state index contributed by atoms with van der Waals surface area (Å²) in [5.41, 5.74) is 9.41. The van der Waals surface area contributed by atoms with E-state index in [1.807, 2.05) is 0 Å². The number of hydrogen-bond acceptors (Lipinski definition) is 0. The standard InChI is InChI=1S/C42H57S.C34H43S.C28H33S/c1-4-10-16-34(17-11-5-1)37-22-28-40(29-23-37)43(41-30-24-38(25-31-41)35-18-12-6-2-7-13-19-35)42-32-26-39(27-33-42)36-20-14-8-3-9-15-21-36;1-3-8-14-28(15-9-4-1)30-20-24-33(25-21-30)35(32-18-12-7-13-19-32)34-26-22-31(23-27-34)29-16-10-5-2-6-11-17-29;1-2-4-8-14-24(15-9-5-3-1)25-20-22-28(23-21-25)29(26-16-10-6-11-17-26)27-18-12-7-13-19-27/h22-36H,1-21H2;7,12-13,18-29H,1-6,8-11,14-17H2;6-7,10-13,16-24H,1-5,8-9,14-15H2/q3*+1. The zero-order valence-corrected chi connectivity index (χ0v) is 68.3. The fourth-order valence-corrected chi connectivity index (χ4v) is 25.4. The molecule has 0 atom stereocenters. The molecule has 0 unspecified atom stereocenters. The molecule has 0 amide bonds. The first-order valence-corrected chi connectivity index (χ1v) is 47.8. The molecule has 6 saturated carbocycles. The lowest BCUT2D eigenvalue weighted by Crippen LogP contribution is -2.08. The van der Waals surface area contributed by atoms with Gasteiger partial charge in [0.15, 0.2) is 44.1 Å². The fourth-order valence-electron chi connectivity index (χ4n) is 19.2. The van der Waals surface area contributed by atoms with Crippen molar-refractivity contribution in [3.05, 3.63) is 270 Å². The third-order valence-corrected chi connectivity index (χ3v) is 32.3. The number of hydrogen-bond donors (Lipinski definition) is 0. The van der Waals surface area contributed by atoms with Gasteiger partial charge in [-0.2, -0.15) is 0 Å². The Morgan fingerprint density at radius 2 is 0.234 bits per heavy atom. The van der Waals surface area contributed by atoms with Gasteiger partial charge >= 0.3 is 0 Å². The highest BCUT2D eigenvalue weighted by atomic mass is 32.2. The summed E-state index contributed by atoms with van der Waals surface area (Å²) in [5.74, 6) is 4.51. The smallest absolute Gasteiger partial charge is 0.0619 e. The highest BCUT2D eigenvalue weighted by molar-refractivity contribution is 7.97. The summed E-state index contributed by atoms with van der Waals surface area (Å²) in [5, 5.41) is 0. The lowest BCUT2D eigenvalue weighted by atomic mass is 9.86. The fraction of sp³-hybridized carbons (Fsp3) is 0.481. The van der Waals surface area contributed by atoms with E-state index >= 15 is 0 Å². The first-order chi connectivity index (χ1) is 53.1. The van der Waals surface area contributed by atoms with Crippen molar-refractivity contribution in [3.8, 4) is 0 Å². The molecule has 6 fully saturated rings. The van der Waals surface area contributed by atoms with Crippen LogP contribution in [0.15, 0.2) is 281 Å². The Balaban J connectivity index is 0.000000145. The monoisotopic (exact) mass is 1480 g/mol. The molecule has 0 bridgehead atoms. The van der Waals surface area contributed by atoms with Crippen molar-refractivity contribution in [1.29, 1.82) is 0 Å². The maximum Gasteiger partial charge on any atom is 0.166 e. The topological polar surface area (TPSA) is 0 Å². The van der Waals surface area contributed by atoms with Crippen molar-refractivity contribution in [2.45, 2.75) is 362 Å². The molecule has 9 aromatic carbocycles. The molecule has 0 aromatic heterocycles. The van der Waals surface area contributed by atoms with Crippen LogP contribution in [0.1, 0.15) is 351 Å². The van der Waals surface area contributed by atoms with Crippen LogP contribution in [0.5, 0.6) is 0 Å². The lowest BCUT2D eigenvalue weighted by molar-refractivity contribution is 0.455. The molecule has 0 saturated heterocycles. The first-order valence-electron chi connectivity index (χ1n) is 44.1. The second kappa shape index (κ2) is 44.2. The average molecular weight is 1480 g/mol. The Labute approximate surface area is 659 Å². The molecule has 6 aliphatic rings. The van der Waals surface area contributed by atoms with Crippen LogP contribution in [0, 0.1) is 0 Å².